The standard InChI is InChI=1S/C21H25N3O3S/c1-15(25)23-18(16-5-3-2-4-6-16)13-20(26)22-10-7-21(27)24-11-8-19-17(14-24)9-12-28-19/h2-6,9,12,18H,7-8,10-11,13-14H2,1H3,(H,22,26)(H,23,25). The molecule has 1 atom stereocenters. The maximum absolute atomic E-state index is 12.4. The van der Waals surface area contributed by atoms with E-state index in [1.807, 2.05) is 35.2 Å². The normalized spacial score (nSPS) is 14.1. The average molecular weight is 400 g/mol. The summed E-state index contributed by atoms with van der Waals surface area (Å²) in [6.07, 6.45) is 1.32. The summed E-state index contributed by atoms with van der Waals surface area (Å²) >= 11 is 1.74. The molecule has 0 saturated heterocycles. The molecule has 0 radical (unpaired) electrons. The first kappa shape index (κ1) is 20.1. The van der Waals surface area contributed by atoms with E-state index in [4.69, 9.17) is 0 Å². The first-order chi connectivity index (χ1) is 13.5. The maximum Gasteiger partial charge on any atom is 0.224 e. The van der Waals surface area contributed by atoms with Crippen molar-refractivity contribution in [3.8, 4) is 0 Å². The summed E-state index contributed by atoms with van der Waals surface area (Å²) in [7, 11) is 0. The van der Waals surface area contributed by atoms with Crippen molar-refractivity contribution in [2.45, 2.75) is 38.8 Å². The fourth-order valence-corrected chi connectivity index (χ4v) is 4.26. The van der Waals surface area contributed by atoms with Gasteiger partial charge in [0.2, 0.25) is 17.7 Å². The second kappa shape index (κ2) is 9.50. The predicted octanol–water partition coefficient (Wildman–Crippen LogP) is 2.41. The quantitative estimate of drug-likeness (QED) is 0.750. The van der Waals surface area contributed by atoms with E-state index in [1.54, 1.807) is 11.3 Å². The van der Waals surface area contributed by atoms with E-state index in [0.717, 1.165) is 18.5 Å². The summed E-state index contributed by atoms with van der Waals surface area (Å²) in [4.78, 5) is 39.4. The molecule has 1 aromatic heterocycles. The molecule has 1 aromatic carbocycles. The van der Waals surface area contributed by atoms with Crippen molar-refractivity contribution in [1.82, 2.24) is 15.5 Å². The van der Waals surface area contributed by atoms with Gasteiger partial charge in [0.1, 0.15) is 0 Å². The van der Waals surface area contributed by atoms with Crippen LogP contribution in [0.25, 0.3) is 0 Å². The van der Waals surface area contributed by atoms with Gasteiger partial charge in [-0.15, -0.1) is 11.3 Å². The van der Waals surface area contributed by atoms with Gasteiger partial charge in [-0.1, -0.05) is 30.3 Å². The number of hydrogen-bond acceptors (Lipinski definition) is 4. The minimum atomic E-state index is -0.381. The lowest BCUT2D eigenvalue weighted by Gasteiger charge is -2.27. The molecule has 2 heterocycles. The number of carbonyl (C=O) groups excluding carboxylic acids is 3. The van der Waals surface area contributed by atoms with Gasteiger partial charge < -0.3 is 15.5 Å². The van der Waals surface area contributed by atoms with Crippen molar-refractivity contribution in [1.29, 1.82) is 0 Å². The van der Waals surface area contributed by atoms with Gasteiger partial charge in [-0.2, -0.15) is 0 Å². The van der Waals surface area contributed by atoms with Gasteiger partial charge >= 0.3 is 0 Å². The van der Waals surface area contributed by atoms with Crippen LogP contribution in [0, 0.1) is 0 Å². The zero-order valence-corrected chi connectivity index (χ0v) is 16.8. The first-order valence-corrected chi connectivity index (χ1v) is 10.3. The highest BCUT2D eigenvalue weighted by atomic mass is 32.1. The number of amides is 3. The van der Waals surface area contributed by atoms with Crippen LogP contribution < -0.4 is 10.6 Å². The van der Waals surface area contributed by atoms with Crippen LogP contribution in [-0.4, -0.2) is 35.7 Å². The highest BCUT2D eigenvalue weighted by Crippen LogP contribution is 2.24. The average Bonchev–Trinajstić information content (AvgIpc) is 3.15. The number of nitrogens with one attached hydrogen (secondary N) is 2. The second-order valence-electron chi connectivity index (χ2n) is 6.90. The summed E-state index contributed by atoms with van der Waals surface area (Å²) in [6.45, 7) is 3.12. The Bertz CT molecular complexity index is 834. The molecular weight excluding hydrogens is 374 g/mol. The van der Waals surface area contributed by atoms with Gasteiger partial charge in [0, 0.05) is 37.9 Å². The fraction of sp³-hybridized carbons (Fsp3) is 0.381. The van der Waals surface area contributed by atoms with Crippen LogP contribution in [0.1, 0.15) is 41.8 Å². The highest BCUT2D eigenvalue weighted by molar-refractivity contribution is 7.10. The first-order valence-electron chi connectivity index (χ1n) is 9.44. The van der Waals surface area contributed by atoms with E-state index < -0.39 is 0 Å². The van der Waals surface area contributed by atoms with E-state index >= 15 is 0 Å². The Morgan fingerprint density at radius 2 is 1.96 bits per heavy atom. The molecule has 1 aliphatic heterocycles. The number of carbonyl (C=O) groups is 3. The van der Waals surface area contributed by atoms with Crippen LogP contribution in [-0.2, 0) is 27.3 Å². The fourth-order valence-electron chi connectivity index (χ4n) is 3.37. The van der Waals surface area contributed by atoms with E-state index in [1.165, 1.54) is 17.4 Å². The summed E-state index contributed by atoms with van der Waals surface area (Å²) in [6, 6.07) is 11.1. The largest absolute Gasteiger partial charge is 0.356 e. The van der Waals surface area contributed by atoms with E-state index in [2.05, 4.69) is 22.1 Å². The molecule has 1 aliphatic rings. The molecule has 3 rings (SSSR count). The number of hydrogen-bond donors (Lipinski definition) is 2. The lowest BCUT2D eigenvalue weighted by atomic mass is 10.0. The van der Waals surface area contributed by atoms with Gasteiger partial charge in [0.15, 0.2) is 0 Å². The third-order valence-electron chi connectivity index (χ3n) is 4.79. The molecule has 3 amide bonds. The number of nitrogens with zero attached hydrogens (tertiary/aromatic N) is 1. The van der Waals surface area contributed by atoms with Crippen LogP contribution in [0.2, 0.25) is 0 Å². The zero-order chi connectivity index (χ0) is 19.9. The second-order valence-corrected chi connectivity index (χ2v) is 7.90. The molecule has 1 unspecified atom stereocenters. The van der Waals surface area contributed by atoms with E-state index in [9.17, 15) is 14.4 Å². The minimum absolute atomic E-state index is 0.0543. The third-order valence-corrected chi connectivity index (χ3v) is 5.81. The van der Waals surface area contributed by atoms with Crippen LogP contribution in [0.4, 0.5) is 0 Å². The summed E-state index contributed by atoms with van der Waals surface area (Å²) < 4.78 is 0. The Morgan fingerprint density at radius 3 is 2.71 bits per heavy atom. The molecule has 2 N–H and O–H groups in total. The molecule has 28 heavy (non-hydrogen) atoms. The van der Waals surface area contributed by atoms with Crippen molar-refractivity contribution < 1.29 is 14.4 Å². The summed E-state index contributed by atoms with van der Waals surface area (Å²) in [5.74, 6) is -0.317. The monoisotopic (exact) mass is 399 g/mol. The van der Waals surface area contributed by atoms with Gasteiger partial charge in [0.25, 0.3) is 0 Å². The molecule has 0 spiro atoms. The van der Waals surface area contributed by atoms with Gasteiger partial charge in [0.05, 0.1) is 12.5 Å². The molecule has 0 saturated carbocycles. The van der Waals surface area contributed by atoms with Crippen molar-refractivity contribution in [2.24, 2.45) is 0 Å². The van der Waals surface area contributed by atoms with Gasteiger partial charge in [-0.25, -0.2) is 0 Å². The molecule has 0 aliphatic carbocycles. The Kier molecular flexibility index (Phi) is 6.81. The van der Waals surface area contributed by atoms with Crippen molar-refractivity contribution in [3.63, 3.8) is 0 Å². The van der Waals surface area contributed by atoms with Crippen molar-refractivity contribution in [2.75, 3.05) is 13.1 Å². The Morgan fingerprint density at radius 1 is 1.18 bits per heavy atom. The Hall–Kier alpha value is -2.67. The molecular formula is C21H25N3O3S. The van der Waals surface area contributed by atoms with Crippen molar-refractivity contribution in [3.05, 3.63) is 57.8 Å². The molecule has 0 fully saturated rings. The molecule has 6 nitrogen and oxygen atoms in total. The maximum atomic E-state index is 12.4. The third kappa shape index (κ3) is 5.42. The molecule has 7 heteroatoms. The van der Waals surface area contributed by atoms with Crippen LogP contribution in [0.5, 0.6) is 0 Å². The SMILES string of the molecule is CC(=O)NC(CC(=O)NCCC(=O)N1CCc2sccc2C1)c1ccccc1. The minimum Gasteiger partial charge on any atom is -0.356 e. The van der Waals surface area contributed by atoms with Crippen LogP contribution in [0.15, 0.2) is 41.8 Å². The van der Waals surface area contributed by atoms with E-state index in [0.29, 0.717) is 13.1 Å². The Labute approximate surface area is 168 Å². The summed E-state index contributed by atoms with van der Waals surface area (Å²) in [5, 5.41) is 7.68. The molecule has 148 valence electrons. The predicted molar refractivity (Wildman–Crippen MR) is 109 cm³/mol. The molecule has 2 aromatic rings. The van der Waals surface area contributed by atoms with Crippen molar-refractivity contribution >= 4 is 29.1 Å². The topological polar surface area (TPSA) is 78.5 Å². The number of rotatable bonds is 7. The summed E-state index contributed by atoms with van der Waals surface area (Å²) in [5.41, 5.74) is 2.11. The van der Waals surface area contributed by atoms with Crippen LogP contribution in [0.3, 0.4) is 0 Å². The Balaban J connectivity index is 1.45. The van der Waals surface area contributed by atoms with Gasteiger partial charge in [-0.05, 0) is 29.0 Å². The number of fused-ring (bicyclic) bond motifs is 1. The number of thiophene rings is 1. The lowest BCUT2D eigenvalue weighted by Crippen LogP contribution is -2.38. The highest BCUT2D eigenvalue weighted by Gasteiger charge is 2.21. The van der Waals surface area contributed by atoms with Gasteiger partial charge in [-0.3, -0.25) is 14.4 Å². The smallest absolute Gasteiger partial charge is 0.224 e. The van der Waals surface area contributed by atoms with Crippen LogP contribution >= 0.6 is 11.3 Å². The molecule has 0 bridgehead atoms. The van der Waals surface area contributed by atoms with E-state index in [-0.39, 0.29) is 36.6 Å². The zero-order valence-electron chi connectivity index (χ0n) is 15.9. The number of benzene rings is 1. The lowest BCUT2D eigenvalue weighted by molar-refractivity contribution is -0.132.